The number of fused-ring (bicyclic) bond motifs is 1. The number of hydrogen-bond acceptors (Lipinski definition) is 5. The molecular weight excluding hydrogens is 382 g/mol. The number of hydrogen-bond donors (Lipinski definition) is 3. The fraction of sp³-hybridized carbons (Fsp3) is 0.158. The molecule has 4 aromatic rings. The summed E-state index contributed by atoms with van der Waals surface area (Å²) in [6.45, 7) is 0.384. The lowest BCUT2D eigenvalue weighted by atomic mass is 10.2. The second-order valence-corrected chi connectivity index (χ2v) is 7.55. The van der Waals surface area contributed by atoms with Crippen LogP contribution in [0.15, 0.2) is 59.9 Å². The third kappa shape index (κ3) is 3.72. The quantitative estimate of drug-likeness (QED) is 0.338. The number of thioether (sulfide) groups is 1. The molecule has 4 N–H and O–H groups in total. The molecule has 0 aliphatic heterocycles. The Morgan fingerprint density at radius 2 is 2.04 bits per heavy atom. The van der Waals surface area contributed by atoms with Gasteiger partial charge in [0.1, 0.15) is 11.2 Å². The lowest BCUT2D eigenvalue weighted by Crippen LogP contribution is -2.15. The van der Waals surface area contributed by atoms with Gasteiger partial charge in [-0.1, -0.05) is 53.7 Å². The number of aliphatic hydroxyl groups is 1. The number of nitrogens with one attached hydrogen (secondary N) is 1. The van der Waals surface area contributed by atoms with Crippen molar-refractivity contribution in [3.63, 3.8) is 0 Å². The molecule has 0 saturated heterocycles. The first kappa shape index (κ1) is 18.1. The molecule has 6 nitrogen and oxygen atoms in total. The van der Waals surface area contributed by atoms with Crippen LogP contribution in [0.3, 0.4) is 0 Å². The van der Waals surface area contributed by atoms with E-state index in [1.807, 2.05) is 47.0 Å². The Morgan fingerprint density at radius 1 is 1.22 bits per heavy atom. The summed E-state index contributed by atoms with van der Waals surface area (Å²) < 4.78 is 1.90. The monoisotopic (exact) mass is 399 g/mol. The maximum atomic E-state index is 9.44. The Kier molecular flexibility index (Phi) is 5.18. The van der Waals surface area contributed by atoms with Crippen molar-refractivity contribution >= 4 is 34.4 Å². The number of nitrogens with two attached hydrogens (primary N) is 1. The van der Waals surface area contributed by atoms with Crippen LogP contribution in [0.25, 0.3) is 22.3 Å². The van der Waals surface area contributed by atoms with Crippen LogP contribution in [0, 0.1) is 0 Å². The number of H-pyrrole nitrogens is 1. The molecule has 0 fully saturated rings. The van der Waals surface area contributed by atoms with Gasteiger partial charge >= 0.3 is 0 Å². The summed E-state index contributed by atoms with van der Waals surface area (Å²) in [7, 11) is 0. The largest absolute Gasteiger partial charge is 0.395 e. The van der Waals surface area contributed by atoms with Crippen LogP contribution in [0.1, 0.15) is 11.2 Å². The number of rotatable bonds is 6. The highest BCUT2D eigenvalue weighted by molar-refractivity contribution is 7.99. The molecule has 2 aromatic carbocycles. The standard InChI is InChI=1S/C19H18ClN5OS/c20-13-6-7-14-16(10-13)25(8-9-26)18(23-14)17(21)27-19-22-11-15(24-19)12-4-2-1-3-5-12/h1-7,10-11,17,26H,8-9,21H2,(H,22,24). The van der Waals surface area contributed by atoms with Crippen molar-refractivity contribution in [1.82, 2.24) is 19.5 Å². The van der Waals surface area contributed by atoms with Crippen molar-refractivity contribution in [2.24, 2.45) is 5.73 Å². The number of imidazole rings is 2. The summed E-state index contributed by atoms with van der Waals surface area (Å²) in [5, 5.41) is 10.3. The van der Waals surface area contributed by atoms with Crippen LogP contribution in [-0.2, 0) is 6.54 Å². The fourth-order valence-electron chi connectivity index (χ4n) is 2.97. The molecule has 0 aliphatic carbocycles. The van der Waals surface area contributed by atoms with Crippen molar-refractivity contribution in [3.8, 4) is 11.3 Å². The van der Waals surface area contributed by atoms with Crippen molar-refractivity contribution < 1.29 is 5.11 Å². The highest BCUT2D eigenvalue weighted by atomic mass is 35.5. The molecule has 1 atom stereocenters. The first-order valence-corrected chi connectivity index (χ1v) is 9.70. The van der Waals surface area contributed by atoms with E-state index in [0.717, 1.165) is 22.3 Å². The van der Waals surface area contributed by atoms with E-state index in [-0.39, 0.29) is 6.61 Å². The number of aromatic nitrogens is 4. The van der Waals surface area contributed by atoms with E-state index in [4.69, 9.17) is 17.3 Å². The van der Waals surface area contributed by atoms with E-state index >= 15 is 0 Å². The van der Waals surface area contributed by atoms with Crippen LogP contribution in [0.2, 0.25) is 5.02 Å². The van der Waals surface area contributed by atoms with Crippen molar-refractivity contribution in [3.05, 3.63) is 65.6 Å². The Bertz CT molecular complexity index is 1060. The Labute approximate surface area is 165 Å². The van der Waals surface area contributed by atoms with Gasteiger partial charge in [0.05, 0.1) is 29.5 Å². The van der Waals surface area contributed by atoms with Gasteiger partial charge in [-0.15, -0.1) is 0 Å². The van der Waals surface area contributed by atoms with Crippen molar-refractivity contribution in [2.45, 2.75) is 17.1 Å². The summed E-state index contributed by atoms with van der Waals surface area (Å²) in [6.07, 6.45) is 1.79. The second kappa shape index (κ2) is 7.74. The number of aromatic amines is 1. The molecule has 2 heterocycles. The minimum absolute atomic E-state index is 0.0126. The van der Waals surface area contributed by atoms with Gasteiger partial charge in [-0.25, -0.2) is 9.97 Å². The molecule has 0 bridgehead atoms. The average Bonchev–Trinajstić information content (AvgIpc) is 3.28. The lowest BCUT2D eigenvalue weighted by molar-refractivity contribution is 0.276. The van der Waals surface area contributed by atoms with Gasteiger partial charge in [0.2, 0.25) is 0 Å². The van der Waals surface area contributed by atoms with E-state index in [2.05, 4.69) is 15.0 Å². The number of aliphatic hydroxyl groups excluding tert-OH is 1. The fourth-order valence-corrected chi connectivity index (χ4v) is 3.94. The first-order chi connectivity index (χ1) is 13.2. The molecule has 4 rings (SSSR count). The van der Waals surface area contributed by atoms with Crippen LogP contribution in [0.4, 0.5) is 0 Å². The predicted octanol–water partition coefficient (Wildman–Crippen LogP) is 3.82. The average molecular weight is 400 g/mol. The van der Waals surface area contributed by atoms with Crippen LogP contribution in [0.5, 0.6) is 0 Å². The number of halogens is 1. The summed E-state index contributed by atoms with van der Waals surface area (Å²) in [4.78, 5) is 12.3. The molecule has 138 valence electrons. The Balaban J connectivity index is 1.62. The molecule has 1 unspecified atom stereocenters. The minimum atomic E-state index is -0.447. The van der Waals surface area contributed by atoms with Crippen molar-refractivity contribution in [2.75, 3.05) is 6.61 Å². The smallest absolute Gasteiger partial charge is 0.167 e. The van der Waals surface area contributed by atoms with E-state index in [1.165, 1.54) is 11.8 Å². The van der Waals surface area contributed by atoms with Gasteiger partial charge < -0.3 is 20.4 Å². The van der Waals surface area contributed by atoms with Gasteiger partial charge in [0, 0.05) is 11.6 Å². The van der Waals surface area contributed by atoms with E-state index in [0.29, 0.717) is 22.5 Å². The Hall–Kier alpha value is -2.32. The maximum absolute atomic E-state index is 9.44. The summed E-state index contributed by atoms with van der Waals surface area (Å²) >= 11 is 7.50. The van der Waals surface area contributed by atoms with Crippen LogP contribution >= 0.6 is 23.4 Å². The van der Waals surface area contributed by atoms with Crippen LogP contribution in [-0.4, -0.2) is 31.2 Å². The third-order valence-corrected chi connectivity index (χ3v) is 5.32. The molecule has 0 amide bonds. The zero-order valence-corrected chi connectivity index (χ0v) is 15.9. The highest BCUT2D eigenvalue weighted by Gasteiger charge is 2.19. The van der Waals surface area contributed by atoms with Gasteiger partial charge in [0.25, 0.3) is 0 Å². The molecule has 2 aromatic heterocycles. The summed E-state index contributed by atoms with van der Waals surface area (Å²) in [6, 6.07) is 15.5. The molecule has 0 spiro atoms. The van der Waals surface area contributed by atoms with Crippen LogP contribution < -0.4 is 5.73 Å². The van der Waals surface area contributed by atoms with Gasteiger partial charge in [-0.2, -0.15) is 0 Å². The van der Waals surface area contributed by atoms with Crippen molar-refractivity contribution in [1.29, 1.82) is 0 Å². The molecular formula is C19H18ClN5OS. The number of benzene rings is 2. The number of nitrogens with zero attached hydrogens (tertiary/aromatic N) is 3. The van der Waals surface area contributed by atoms with E-state index in [9.17, 15) is 5.11 Å². The SMILES string of the molecule is NC(Sc1ncc(-c2ccccc2)[nH]1)c1nc2ccc(Cl)cc2n1CCO. The normalized spacial score (nSPS) is 12.6. The zero-order valence-electron chi connectivity index (χ0n) is 14.3. The van der Waals surface area contributed by atoms with Gasteiger partial charge in [-0.3, -0.25) is 0 Å². The highest BCUT2D eigenvalue weighted by Crippen LogP contribution is 2.32. The summed E-state index contributed by atoms with van der Waals surface area (Å²) in [5.74, 6) is 0.670. The maximum Gasteiger partial charge on any atom is 0.167 e. The van der Waals surface area contributed by atoms with E-state index < -0.39 is 5.37 Å². The Morgan fingerprint density at radius 3 is 2.81 bits per heavy atom. The molecule has 27 heavy (non-hydrogen) atoms. The first-order valence-electron chi connectivity index (χ1n) is 8.45. The predicted molar refractivity (Wildman–Crippen MR) is 109 cm³/mol. The molecule has 8 heteroatoms. The van der Waals surface area contributed by atoms with E-state index in [1.54, 1.807) is 12.3 Å². The second-order valence-electron chi connectivity index (χ2n) is 5.98. The topological polar surface area (TPSA) is 92.8 Å². The lowest BCUT2D eigenvalue weighted by Gasteiger charge is -2.12. The van der Waals surface area contributed by atoms with Gasteiger partial charge in [-0.05, 0) is 23.8 Å². The zero-order chi connectivity index (χ0) is 18.8. The molecule has 0 saturated carbocycles. The summed E-state index contributed by atoms with van der Waals surface area (Å²) in [5.41, 5.74) is 10.1. The minimum Gasteiger partial charge on any atom is -0.395 e. The molecule has 0 aliphatic rings. The van der Waals surface area contributed by atoms with Gasteiger partial charge in [0.15, 0.2) is 5.16 Å². The molecule has 0 radical (unpaired) electrons. The third-order valence-electron chi connectivity index (χ3n) is 4.19.